The highest BCUT2D eigenvalue weighted by Gasteiger charge is 2.14. The van der Waals surface area contributed by atoms with Crippen LogP contribution in [0.25, 0.3) is 0 Å². The van der Waals surface area contributed by atoms with Gasteiger partial charge in [0.1, 0.15) is 0 Å². The molecule has 0 radical (unpaired) electrons. The van der Waals surface area contributed by atoms with E-state index in [-0.39, 0.29) is 11.4 Å². The lowest BCUT2D eigenvalue weighted by atomic mass is 10.1. The number of alkyl halides is 1. The second-order valence-electron chi connectivity index (χ2n) is 2.80. The van der Waals surface area contributed by atoms with Crippen LogP contribution in [0, 0.1) is 10.1 Å². The average Bonchev–Trinajstić information content (AvgIpc) is 2.07. The summed E-state index contributed by atoms with van der Waals surface area (Å²) in [5.74, 6) is -0.359. The van der Waals surface area contributed by atoms with Crippen LogP contribution < -0.4 is 5.73 Å². The molecule has 0 saturated heterocycles. The van der Waals surface area contributed by atoms with Crippen LogP contribution in [0.2, 0.25) is 0 Å². The Morgan fingerprint density at radius 1 is 1.64 bits per heavy atom. The maximum atomic E-state index is 10.4. The molecule has 0 aliphatic carbocycles. The van der Waals surface area contributed by atoms with Crippen LogP contribution in [-0.2, 0) is 6.42 Å². The normalized spacial score (nSPS) is 12.4. The number of hydrogen-bond acceptors (Lipinski definition) is 4. The van der Waals surface area contributed by atoms with Crippen molar-refractivity contribution < 1.29 is 10.0 Å². The fourth-order valence-corrected chi connectivity index (χ4v) is 1.25. The molecule has 1 atom stereocenters. The highest BCUT2D eigenvalue weighted by molar-refractivity contribution is 6.20. The first-order valence-electron chi connectivity index (χ1n) is 3.86. The van der Waals surface area contributed by atoms with Crippen LogP contribution in [0.1, 0.15) is 5.56 Å². The number of nitro benzene ring substituents is 1. The summed E-state index contributed by atoms with van der Waals surface area (Å²) >= 11 is 5.53. The van der Waals surface area contributed by atoms with Crippen LogP contribution >= 0.6 is 11.6 Å². The lowest BCUT2D eigenvalue weighted by Crippen LogP contribution is -2.14. The first-order valence-corrected chi connectivity index (χ1v) is 4.30. The van der Waals surface area contributed by atoms with Gasteiger partial charge in [-0.1, -0.05) is 6.07 Å². The summed E-state index contributed by atoms with van der Waals surface area (Å²) < 4.78 is 0. The molecule has 0 bridgehead atoms. The summed E-state index contributed by atoms with van der Waals surface area (Å²) in [5.41, 5.74) is 5.03. The van der Waals surface area contributed by atoms with Crippen LogP contribution in [0.4, 0.5) is 5.69 Å². The summed E-state index contributed by atoms with van der Waals surface area (Å²) in [4.78, 5) is 9.79. The van der Waals surface area contributed by atoms with Gasteiger partial charge in [-0.15, -0.1) is 11.6 Å². The molecule has 0 aliphatic rings. The summed E-state index contributed by atoms with van der Waals surface area (Å²) in [6.07, 6.45) is 0.322. The molecular weight excluding hydrogens is 208 g/mol. The van der Waals surface area contributed by atoms with Crippen molar-refractivity contribution in [3.63, 3.8) is 0 Å². The van der Waals surface area contributed by atoms with Gasteiger partial charge >= 0.3 is 5.69 Å². The van der Waals surface area contributed by atoms with Crippen molar-refractivity contribution in [1.29, 1.82) is 0 Å². The third kappa shape index (κ3) is 2.58. The molecule has 5 nitrogen and oxygen atoms in total. The Balaban J connectivity index is 3.00. The van der Waals surface area contributed by atoms with Gasteiger partial charge in [-0.05, 0) is 11.6 Å². The monoisotopic (exact) mass is 216 g/mol. The summed E-state index contributed by atoms with van der Waals surface area (Å²) in [5, 5.41) is 19.6. The predicted octanol–water partition coefficient (Wildman–Crippen LogP) is 1.37. The van der Waals surface area contributed by atoms with Crippen molar-refractivity contribution in [1.82, 2.24) is 0 Å². The lowest BCUT2D eigenvalue weighted by Gasteiger charge is -2.03. The van der Waals surface area contributed by atoms with Crippen molar-refractivity contribution in [2.24, 2.45) is 5.73 Å². The number of nitrogens with zero attached hydrogens (tertiary/aromatic N) is 1. The van der Waals surface area contributed by atoms with E-state index >= 15 is 0 Å². The topological polar surface area (TPSA) is 89.4 Å². The Hall–Kier alpha value is -1.33. The van der Waals surface area contributed by atoms with E-state index in [0.29, 0.717) is 12.0 Å². The smallest absolute Gasteiger partial charge is 0.310 e. The molecule has 1 aromatic carbocycles. The van der Waals surface area contributed by atoms with Crippen molar-refractivity contribution in [2.75, 3.05) is 0 Å². The molecule has 14 heavy (non-hydrogen) atoms. The highest BCUT2D eigenvalue weighted by Crippen LogP contribution is 2.26. The maximum Gasteiger partial charge on any atom is 0.310 e. The van der Waals surface area contributed by atoms with E-state index in [1.807, 2.05) is 0 Å². The SMILES string of the molecule is NC(Cl)Cc1ccc(O)c([N+](=O)[O-])c1. The fraction of sp³-hybridized carbons (Fsp3) is 0.250. The van der Waals surface area contributed by atoms with Crippen molar-refractivity contribution in [3.05, 3.63) is 33.9 Å². The number of halogens is 1. The zero-order valence-electron chi connectivity index (χ0n) is 7.18. The van der Waals surface area contributed by atoms with Gasteiger partial charge in [0.25, 0.3) is 0 Å². The highest BCUT2D eigenvalue weighted by atomic mass is 35.5. The second-order valence-corrected chi connectivity index (χ2v) is 3.36. The summed E-state index contributed by atoms with van der Waals surface area (Å²) in [6.45, 7) is 0. The second kappa shape index (κ2) is 4.26. The molecule has 1 rings (SSSR count). The van der Waals surface area contributed by atoms with E-state index in [2.05, 4.69) is 0 Å². The van der Waals surface area contributed by atoms with Crippen LogP contribution in [0.3, 0.4) is 0 Å². The average molecular weight is 217 g/mol. The zero-order chi connectivity index (χ0) is 10.7. The van der Waals surface area contributed by atoms with Gasteiger partial charge in [0.2, 0.25) is 0 Å². The molecule has 0 fully saturated rings. The van der Waals surface area contributed by atoms with E-state index in [4.69, 9.17) is 22.4 Å². The standard InChI is InChI=1S/C8H9ClN2O3/c9-8(10)4-5-1-2-7(12)6(3-5)11(13)14/h1-3,8,12H,4,10H2. The fourth-order valence-electron chi connectivity index (χ4n) is 1.07. The number of phenolic OH excluding ortho intramolecular Hbond substituents is 1. The molecule has 1 aromatic rings. The van der Waals surface area contributed by atoms with Crippen molar-refractivity contribution >= 4 is 17.3 Å². The quantitative estimate of drug-likeness (QED) is 0.346. The first-order chi connectivity index (χ1) is 6.50. The lowest BCUT2D eigenvalue weighted by molar-refractivity contribution is -0.385. The van der Waals surface area contributed by atoms with E-state index in [1.165, 1.54) is 12.1 Å². The van der Waals surface area contributed by atoms with E-state index in [0.717, 1.165) is 0 Å². The number of nitrogens with two attached hydrogens (primary N) is 1. The van der Waals surface area contributed by atoms with Crippen LogP contribution in [0.15, 0.2) is 18.2 Å². The van der Waals surface area contributed by atoms with Gasteiger partial charge < -0.3 is 10.8 Å². The number of hydrogen-bond donors (Lipinski definition) is 2. The number of rotatable bonds is 3. The minimum Gasteiger partial charge on any atom is -0.502 e. The van der Waals surface area contributed by atoms with Crippen LogP contribution in [0.5, 0.6) is 5.75 Å². The molecule has 0 amide bonds. The first kappa shape index (κ1) is 10.7. The molecule has 0 aromatic heterocycles. The summed E-state index contributed by atoms with van der Waals surface area (Å²) in [6, 6.07) is 4.06. The van der Waals surface area contributed by atoms with Gasteiger partial charge in [-0.25, -0.2) is 0 Å². The van der Waals surface area contributed by atoms with E-state index in [9.17, 15) is 10.1 Å². The molecule has 0 spiro atoms. The van der Waals surface area contributed by atoms with E-state index < -0.39 is 10.4 Å². The molecule has 1 unspecified atom stereocenters. The van der Waals surface area contributed by atoms with Crippen molar-refractivity contribution in [3.8, 4) is 5.75 Å². The third-order valence-electron chi connectivity index (χ3n) is 1.67. The number of benzene rings is 1. The number of aromatic hydroxyl groups is 1. The molecule has 0 saturated carbocycles. The Morgan fingerprint density at radius 2 is 2.29 bits per heavy atom. The predicted molar refractivity (Wildman–Crippen MR) is 52.3 cm³/mol. The summed E-state index contributed by atoms with van der Waals surface area (Å²) in [7, 11) is 0. The van der Waals surface area contributed by atoms with Crippen molar-refractivity contribution in [2.45, 2.75) is 11.9 Å². The number of phenols is 1. The Bertz CT molecular complexity index is 354. The third-order valence-corrected chi connectivity index (χ3v) is 1.82. The Kier molecular flexibility index (Phi) is 3.27. The minimum absolute atomic E-state index is 0.322. The van der Waals surface area contributed by atoms with E-state index in [1.54, 1.807) is 6.07 Å². The Labute approximate surface area is 85.3 Å². The molecular formula is C8H9ClN2O3. The van der Waals surface area contributed by atoms with Gasteiger partial charge in [-0.2, -0.15) is 0 Å². The minimum atomic E-state index is -0.654. The molecule has 3 N–H and O–H groups in total. The van der Waals surface area contributed by atoms with Gasteiger partial charge in [0.05, 0.1) is 10.4 Å². The van der Waals surface area contributed by atoms with Gasteiger partial charge in [0.15, 0.2) is 5.75 Å². The maximum absolute atomic E-state index is 10.4. The zero-order valence-corrected chi connectivity index (χ0v) is 7.94. The van der Waals surface area contributed by atoms with Gasteiger partial charge in [-0.3, -0.25) is 10.1 Å². The van der Waals surface area contributed by atoms with Gasteiger partial charge in [0, 0.05) is 12.5 Å². The number of nitro groups is 1. The molecule has 76 valence electrons. The molecule has 0 heterocycles. The Morgan fingerprint density at radius 3 is 2.79 bits per heavy atom. The van der Waals surface area contributed by atoms with Crippen LogP contribution in [-0.4, -0.2) is 15.5 Å². The molecule has 0 aliphatic heterocycles. The largest absolute Gasteiger partial charge is 0.502 e. The molecule has 6 heteroatoms.